The summed E-state index contributed by atoms with van der Waals surface area (Å²) in [6.45, 7) is 6.99. The van der Waals surface area contributed by atoms with E-state index in [-0.39, 0.29) is 11.8 Å². The molecule has 1 aromatic heterocycles. The number of nitrogens with zero attached hydrogens (tertiary/aromatic N) is 1. The first-order valence-corrected chi connectivity index (χ1v) is 8.03. The first-order valence-electron chi connectivity index (χ1n) is 7.15. The molecule has 0 saturated carbocycles. The average Bonchev–Trinajstić information content (AvgIpc) is 2.85. The summed E-state index contributed by atoms with van der Waals surface area (Å²) in [5, 5.41) is 4.93. The number of thiophene rings is 1. The van der Waals surface area contributed by atoms with Crippen molar-refractivity contribution in [2.45, 2.75) is 52.1 Å². The van der Waals surface area contributed by atoms with Crippen molar-refractivity contribution < 1.29 is 9.59 Å². The molecular weight excluding hydrogens is 272 g/mol. The predicted molar refractivity (Wildman–Crippen MR) is 80.6 cm³/mol. The maximum Gasteiger partial charge on any atom is 0.248 e. The Balaban J connectivity index is 2.22. The fourth-order valence-electron chi connectivity index (χ4n) is 2.50. The molecule has 1 atom stereocenters. The SMILES string of the molecule is CCc1ccsc1CN1CCC(=O)NC(C)(CC)C1=O. The van der Waals surface area contributed by atoms with Gasteiger partial charge in [-0.3, -0.25) is 9.59 Å². The molecule has 20 heavy (non-hydrogen) atoms. The van der Waals surface area contributed by atoms with Crippen LogP contribution in [0.2, 0.25) is 0 Å². The lowest BCUT2D eigenvalue weighted by Crippen LogP contribution is -2.54. The Morgan fingerprint density at radius 3 is 2.80 bits per heavy atom. The van der Waals surface area contributed by atoms with Crippen molar-refractivity contribution in [2.75, 3.05) is 6.54 Å². The zero-order chi connectivity index (χ0) is 14.8. The third-order valence-corrected chi connectivity index (χ3v) is 4.99. The van der Waals surface area contributed by atoms with Crippen molar-refractivity contribution in [2.24, 2.45) is 0 Å². The first kappa shape index (κ1) is 15.0. The standard InChI is InChI=1S/C15H22N2O2S/c1-4-11-7-9-20-12(11)10-17-8-6-13(18)16-15(3,5-2)14(17)19/h7,9H,4-6,8,10H2,1-3H3,(H,16,18). The summed E-state index contributed by atoms with van der Waals surface area (Å²) in [5.74, 6) is -0.00611. The van der Waals surface area contributed by atoms with Crippen molar-refractivity contribution >= 4 is 23.2 Å². The van der Waals surface area contributed by atoms with Gasteiger partial charge in [0.15, 0.2) is 0 Å². The van der Waals surface area contributed by atoms with Gasteiger partial charge in [-0.1, -0.05) is 13.8 Å². The molecule has 0 aromatic carbocycles. The monoisotopic (exact) mass is 294 g/mol. The van der Waals surface area contributed by atoms with Crippen LogP contribution in [0.5, 0.6) is 0 Å². The Morgan fingerprint density at radius 1 is 1.40 bits per heavy atom. The van der Waals surface area contributed by atoms with E-state index >= 15 is 0 Å². The quantitative estimate of drug-likeness (QED) is 0.926. The zero-order valence-corrected chi connectivity index (χ0v) is 13.2. The maximum absolute atomic E-state index is 12.7. The van der Waals surface area contributed by atoms with Crippen molar-refractivity contribution in [1.82, 2.24) is 10.2 Å². The Labute approximate surface area is 124 Å². The average molecular weight is 294 g/mol. The molecule has 1 aliphatic heterocycles. The van der Waals surface area contributed by atoms with Gasteiger partial charge in [-0.05, 0) is 36.8 Å². The lowest BCUT2D eigenvalue weighted by molar-refractivity contribution is -0.138. The normalized spacial score (nSPS) is 23.6. The lowest BCUT2D eigenvalue weighted by atomic mass is 9.97. The highest BCUT2D eigenvalue weighted by Crippen LogP contribution is 2.24. The van der Waals surface area contributed by atoms with Gasteiger partial charge in [0.25, 0.3) is 0 Å². The van der Waals surface area contributed by atoms with Crippen LogP contribution >= 0.6 is 11.3 Å². The molecule has 2 amide bonds. The van der Waals surface area contributed by atoms with E-state index in [2.05, 4.69) is 23.7 Å². The van der Waals surface area contributed by atoms with Crippen LogP contribution in [0.1, 0.15) is 44.1 Å². The molecule has 1 N–H and O–H groups in total. The Morgan fingerprint density at radius 2 is 2.15 bits per heavy atom. The second kappa shape index (κ2) is 5.95. The van der Waals surface area contributed by atoms with Gasteiger partial charge in [0.2, 0.25) is 11.8 Å². The van der Waals surface area contributed by atoms with E-state index in [4.69, 9.17) is 0 Å². The Hall–Kier alpha value is -1.36. The summed E-state index contributed by atoms with van der Waals surface area (Å²) in [6.07, 6.45) is 1.97. The second-order valence-electron chi connectivity index (χ2n) is 5.43. The third kappa shape index (κ3) is 2.87. The molecule has 1 aromatic rings. The van der Waals surface area contributed by atoms with Gasteiger partial charge in [-0.25, -0.2) is 0 Å². The number of aryl methyl sites for hydroxylation is 1. The first-order chi connectivity index (χ1) is 9.50. The number of carbonyl (C=O) groups is 2. The van der Waals surface area contributed by atoms with Crippen molar-refractivity contribution in [3.05, 3.63) is 21.9 Å². The van der Waals surface area contributed by atoms with Crippen LogP contribution in [0.3, 0.4) is 0 Å². The van der Waals surface area contributed by atoms with E-state index in [1.165, 1.54) is 10.4 Å². The zero-order valence-electron chi connectivity index (χ0n) is 12.4. The number of carbonyl (C=O) groups excluding carboxylic acids is 2. The van der Waals surface area contributed by atoms with Crippen LogP contribution in [-0.2, 0) is 22.6 Å². The van der Waals surface area contributed by atoms with Gasteiger partial charge in [0.1, 0.15) is 5.54 Å². The van der Waals surface area contributed by atoms with Gasteiger partial charge < -0.3 is 10.2 Å². The molecule has 1 saturated heterocycles. The topological polar surface area (TPSA) is 49.4 Å². The summed E-state index contributed by atoms with van der Waals surface area (Å²) in [4.78, 5) is 27.5. The van der Waals surface area contributed by atoms with Crippen molar-refractivity contribution in [3.63, 3.8) is 0 Å². The lowest BCUT2D eigenvalue weighted by Gasteiger charge is -2.31. The fourth-order valence-corrected chi connectivity index (χ4v) is 3.49. The summed E-state index contributed by atoms with van der Waals surface area (Å²) in [7, 11) is 0. The molecule has 2 rings (SSSR count). The van der Waals surface area contributed by atoms with E-state index in [9.17, 15) is 9.59 Å². The summed E-state index contributed by atoms with van der Waals surface area (Å²) >= 11 is 1.69. The van der Waals surface area contributed by atoms with Gasteiger partial charge in [-0.15, -0.1) is 11.3 Å². The minimum absolute atomic E-state index is 0.0290. The van der Waals surface area contributed by atoms with E-state index in [0.717, 1.165) is 6.42 Å². The van der Waals surface area contributed by atoms with E-state index in [1.807, 2.05) is 18.7 Å². The van der Waals surface area contributed by atoms with Crippen LogP contribution in [0.25, 0.3) is 0 Å². The molecule has 2 heterocycles. The largest absolute Gasteiger partial charge is 0.342 e. The van der Waals surface area contributed by atoms with Crippen LogP contribution in [0.4, 0.5) is 0 Å². The highest BCUT2D eigenvalue weighted by atomic mass is 32.1. The number of amides is 2. The molecule has 1 unspecified atom stereocenters. The number of hydrogen-bond donors (Lipinski definition) is 1. The number of rotatable bonds is 4. The summed E-state index contributed by atoms with van der Waals surface area (Å²) < 4.78 is 0. The molecule has 1 fully saturated rings. The van der Waals surface area contributed by atoms with Gasteiger partial charge in [0, 0.05) is 17.8 Å². The molecule has 0 spiro atoms. The van der Waals surface area contributed by atoms with E-state index in [1.54, 1.807) is 11.3 Å². The predicted octanol–water partition coefficient (Wildman–Crippen LogP) is 2.33. The fraction of sp³-hybridized carbons (Fsp3) is 0.600. The minimum atomic E-state index is -0.767. The van der Waals surface area contributed by atoms with Crippen molar-refractivity contribution in [1.29, 1.82) is 0 Å². The second-order valence-corrected chi connectivity index (χ2v) is 6.43. The van der Waals surface area contributed by atoms with Gasteiger partial charge >= 0.3 is 0 Å². The third-order valence-electron chi connectivity index (χ3n) is 4.04. The Bertz CT molecular complexity index is 512. The molecule has 0 bridgehead atoms. The minimum Gasteiger partial charge on any atom is -0.342 e. The highest BCUT2D eigenvalue weighted by Gasteiger charge is 2.39. The van der Waals surface area contributed by atoms with Crippen LogP contribution in [0.15, 0.2) is 11.4 Å². The van der Waals surface area contributed by atoms with Crippen molar-refractivity contribution in [3.8, 4) is 0 Å². The Kier molecular flexibility index (Phi) is 4.48. The maximum atomic E-state index is 12.7. The highest BCUT2D eigenvalue weighted by molar-refractivity contribution is 7.10. The van der Waals surface area contributed by atoms with Crippen LogP contribution < -0.4 is 5.32 Å². The molecule has 4 nitrogen and oxygen atoms in total. The summed E-state index contributed by atoms with van der Waals surface area (Å²) in [6, 6.07) is 2.12. The summed E-state index contributed by atoms with van der Waals surface area (Å²) in [5.41, 5.74) is 0.529. The van der Waals surface area contributed by atoms with E-state index in [0.29, 0.717) is 25.9 Å². The molecule has 5 heteroatoms. The smallest absolute Gasteiger partial charge is 0.248 e. The molecule has 0 radical (unpaired) electrons. The molecule has 1 aliphatic rings. The number of hydrogen-bond acceptors (Lipinski definition) is 3. The molecular formula is C15H22N2O2S. The van der Waals surface area contributed by atoms with Crippen LogP contribution in [0, 0.1) is 0 Å². The number of nitrogens with one attached hydrogen (secondary N) is 1. The van der Waals surface area contributed by atoms with Gasteiger partial charge in [0.05, 0.1) is 6.54 Å². The molecule has 110 valence electrons. The van der Waals surface area contributed by atoms with E-state index < -0.39 is 5.54 Å². The molecule has 0 aliphatic carbocycles. The van der Waals surface area contributed by atoms with Gasteiger partial charge in [-0.2, -0.15) is 0 Å². The van der Waals surface area contributed by atoms with Crippen LogP contribution in [-0.4, -0.2) is 28.8 Å².